The molecular formula is C18H27FN4O. The lowest BCUT2D eigenvalue weighted by Crippen LogP contribution is -2.56. The molecule has 0 bridgehead atoms. The molecule has 1 N–H and O–H groups in total. The van der Waals surface area contributed by atoms with E-state index in [1.165, 1.54) is 12.5 Å². The fourth-order valence-corrected chi connectivity index (χ4v) is 3.79. The van der Waals surface area contributed by atoms with Gasteiger partial charge < -0.3 is 10.2 Å². The number of piperidine rings is 1. The van der Waals surface area contributed by atoms with Crippen LogP contribution in [-0.4, -0.2) is 74.6 Å². The Hall–Kier alpha value is -1.66. The number of hydrogen-bond acceptors (Lipinski definition) is 4. The van der Waals surface area contributed by atoms with Crippen LogP contribution < -0.4 is 10.2 Å². The number of amides is 1. The summed E-state index contributed by atoms with van der Waals surface area (Å²) in [6.07, 6.45) is 2.32. The molecule has 2 fully saturated rings. The van der Waals surface area contributed by atoms with Crippen molar-refractivity contribution in [1.82, 2.24) is 15.1 Å². The van der Waals surface area contributed by atoms with Crippen molar-refractivity contribution in [2.45, 2.75) is 18.9 Å². The number of piperazine rings is 1. The van der Waals surface area contributed by atoms with E-state index in [1.807, 2.05) is 12.1 Å². The van der Waals surface area contributed by atoms with Gasteiger partial charge in [0.1, 0.15) is 5.82 Å². The van der Waals surface area contributed by atoms with Crippen LogP contribution in [0, 0.1) is 5.82 Å². The molecule has 2 aliphatic heterocycles. The van der Waals surface area contributed by atoms with E-state index in [0.29, 0.717) is 18.3 Å². The lowest BCUT2D eigenvalue weighted by molar-refractivity contribution is -0.122. The van der Waals surface area contributed by atoms with Gasteiger partial charge in [-0.1, -0.05) is 12.1 Å². The fraction of sp³-hybridized carbons (Fsp3) is 0.611. The van der Waals surface area contributed by atoms with Crippen LogP contribution in [-0.2, 0) is 4.79 Å². The average Bonchev–Trinajstić information content (AvgIpc) is 2.62. The van der Waals surface area contributed by atoms with Crippen molar-refractivity contribution in [3.05, 3.63) is 30.1 Å². The number of carbonyl (C=O) groups excluding carboxylic acids is 1. The average molecular weight is 334 g/mol. The smallest absolute Gasteiger partial charge is 0.233 e. The molecule has 2 saturated heterocycles. The highest BCUT2D eigenvalue weighted by Crippen LogP contribution is 2.22. The number of benzene rings is 1. The van der Waals surface area contributed by atoms with E-state index in [-0.39, 0.29) is 11.7 Å². The second kappa shape index (κ2) is 7.94. The Bertz CT molecular complexity index is 560. The summed E-state index contributed by atoms with van der Waals surface area (Å²) in [4.78, 5) is 18.5. The van der Waals surface area contributed by atoms with Crippen LogP contribution in [0.15, 0.2) is 24.3 Å². The number of para-hydroxylation sites is 1. The minimum absolute atomic E-state index is 0.0834. The van der Waals surface area contributed by atoms with Crippen LogP contribution >= 0.6 is 0 Å². The lowest BCUT2D eigenvalue weighted by Gasteiger charge is -2.43. The molecule has 2 aliphatic rings. The molecule has 132 valence electrons. The largest absolute Gasteiger partial charge is 0.367 e. The highest BCUT2D eigenvalue weighted by Gasteiger charge is 2.29. The van der Waals surface area contributed by atoms with Crippen LogP contribution in [0.5, 0.6) is 0 Å². The number of anilines is 1. The van der Waals surface area contributed by atoms with Gasteiger partial charge in [0.05, 0.1) is 12.2 Å². The van der Waals surface area contributed by atoms with Crippen LogP contribution in [0.3, 0.4) is 0 Å². The number of nitrogens with zero attached hydrogens (tertiary/aromatic N) is 3. The van der Waals surface area contributed by atoms with E-state index in [2.05, 4.69) is 20.0 Å². The first kappa shape index (κ1) is 17.2. The molecule has 2 heterocycles. The number of hydrogen-bond donors (Lipinski definition) is 1. The maximum absolute atomic E-state index is 13.9. The fourth-order valence-electron chi connectivity index (χ4n) is 3.79. The standard InChI is InChI=1S/C18H27FN4O/c1-20-18(24)14-21-8-4-5-15(13-21)22-9-11-23(12-10-22)17-7-3-2-6-16(17)19/h2-3,6-7,15H,4-5,8-14H2,1H3,(H,20,24). The topological polar surface area (TPSA) is 38.8 Å². The molecule has 0 aliphatic carbocycles. The zero-order chi connectivity index (χ0) is 16.9. The Balaban J connectivity index is 1.53. The number of likely N-dealkylation sites (N-methyl/N-ethyl adjacent to an activating group) is 1. The predicted octanol–water partition coefficient (Wildman–Crippen LogP) is 1.16. The van der Waals surface area contributed by atoms with E-state index in [4.69, 9.17) is 0 Å². The van der Waals surface area contributed by atoms with Gasteiger partial charge in [0, 0.05) is 45.8 Å². The van der Waals surface area contributed by atoms with Crippen molar-refractivity contribution in [3.63, 3.8) is 0 Å². The van der Waals surface area contributed by atoms with Gasteiger partial charge >= 0.3 is 0 Å². The summed E-state index contributed by atoms with van der Waals surface area (Å²) in [5, 5.41) is 2.70. The molecule has 1 aromatic carbocycles. The van der Waals surface area contributed by atoms with Crippen molar-refractivity contribution in [2.24, 2.45) is 0 Å². The summed E-state index contributed by atoms with van der Waals surface area (Å²) in [5.74, 6) is -0.0552. The van der Waals surface area contributed by atoms with Crippen LogP contribution in [0.1, 0.15) is 12.8 Å². The van der Waals surface area contributed by atoms with Gasteiger partial charge in [-0.15, -0.1) is 0 Å². The van der Waals surface area contributed by atoms with Crippen LogP contribution in [0.4, 0.5) is 10.1 Å². The molecule has 0 spiro atoms. The summed E-state index contributed by atoms with van der Waals surface area (Å²) >= 11 is 0. The second-order valence-electron chi connectivity index (χ2n) is 6.68. The van der Waals surface area contributed by atoms with Crippen molar-refractivity contribution >= 4 is 11.6 Å². The quantitative estimate of drug-likeness (QED) is 0.897. The normalized spacial score (nSPS) is 23.2. The first-order valence-corrected chi connectivity index (χ1v) is 8.84. The molecule has 1 aromatic rings. The first-order valence-electron chi connectivity index (χ1n) is 8.84. The van der Waals surface area contributed by atoms with E-state index >= 15 is 0 Å². The minimum Gasteiger partial charge on any atom is -0.367 e. The summed E-state index contributed by atoms with van der Waals surface area (Å²) in [5.41, 5.74) is 0.710. The third-order valence-corrected chi connectivity index (χ3v) is 5.15. The number of nitrogens with one attached hydrogen (secondary N) is 1. The summed E-state index contributed by atoms with van der Waals surface area (Å²) < 4.78 is 13.9. The summed E-state index contributed by atoms with van der Waals surface area (Å²) in [6, 6.07) is 7.52. The van der Waals surface area contributed by atoms with Gasteiger partial charge in [-0.25, -0.2) is 4.39 Å². The zero-order valence-corrected chi connectivity index (χ0v) is 14.4. The SMILES string of the molecule is CNC(=O)CN1CCCC(N2CCN(c3ccccc3F)CC2)C1. The molecule has 1 amide bonds. The van der Waals surface area contributed by atoms with Gasteiger partial charge in [0.15, 0.2) is 0 Å². The number of likely N-dealkylation sites (tertiary alicyclic amines) is 1. The molecule has 0 radical (unpaired) electrons. The zero-order valence-electron chi connectivity index (χ0n) is 14.4. The third-order valence-electron chi connectivity index (χ3n) is 5.15. The van der Waals surface area contributed by atoms with Crippen molar-refractivity contribution < 1.29 is 9.18 Å². The first-order chi connectivity index (χ1) is 11.7. The molecule has 0 saturated carbocycles. The Morgan fingerprint density at radius 1 is 1.21 bits per heavy atom. The van der Waals surface area contributed by atoms with Gasteiger partial charge in [0.25, 0.3) is 0 Å². The molecule has 0 aromatic heterocycles. The Labute approximate surface area is 143 Å². The maximum atomic E-state index is 13.9. The molecule has 3 rings (SSSR count). The Kier molecular flexibility index (Phi) is 5.68. The highest BCUT2D eigenvalue weighted by molar-refractivity contribution is 5.77. The van der Waals surface area contributed by atoms with Gasteiger partial charge in [-0.2, -0.15) is 0 Å². The van der Waals surface area contributed by atoms with Crippen molar-refractivity contribution in [2.75, 3.05) is 57.8 Å². The second-order valence-corrected chi connectivity index (χ2v) is 6.68. The lowest BCUT2D eigenvalue weighted by atomic mass is 10.0. The Morgan fingerprint density at radius 3 is 2.67 bits per heavy atom. The number of rotatable bonds is 4. The van der Waals surface area contributed by atoms with Gasteiger partial charge in [0.2, 0.25) is 5.91 Å². The van der Waals surface area contributed by atoms with Crippen LogP contribution in [0.25, 0.3) is 0 Å². The summed E-state index contributed by atoms with van der Waals surface area (Å²) in [7, 11) is 1.69. The maximum Gasteiger partial charge on any atom is 0.233 e. The third kappa shape index (κ3) is 4.05. The molecule has 24 heavy (non-hydrogen) atoms. The minimum atomic E-state index is -0.139. The highest BCUT2D eigenvalue weighted by atomic mass is 19.1. The van der Waals surface area contributed by atoms with Crippen molar-refractivity contribution in [3.8, 4) is 0 Å². The molecule has 6 heteroatoms. The van der Waals surface area contributed by atoms with E-state index in [9.17, 15) is 9.18 Å². The monoisotopic (exact) mass is 334 g/mol. The van der Waals surface area contributed by atoms with Crippen molar-refractivity contribution in [1.29, 1.82) is 0 Å². The molecule has 1 unspecified atom stereocenters. The van der Waals surface area contributed by atoms with E-state index in [1.54, 1.807) is 13.1 Å². The number of halogens is 1. The van der Waals surface area contributed by atoms with Crippen LogP contribution in [0.2, 0.25) is 0 Å². The van der Waals surface area contributed by atoms with E-state index < -0.39 is 0 Å². The van der Waals surface area contributed by atoms with E-state index in [0.717, 1.165) is 45.7 Å². The Morgan fingerprint density at radius 2 is 1.96 bits per heavy atom. The number of carbonyl (C=O) groups is 1. The predicted molar refractivity (Wildman–Crippen MR) is 93.7 cm³/mol. The molecular weight excluding hydrogens is 307 g/mol. The summed E-state index contributed by atoms with van der Waals surface area (Å²) in [6.45, 7) is 6.05. The van der Waals surface area contributed by atoms with Gasteiger partial charge in [-0.3, -0.25) is 14.6 Å². The van der Waals surface area contributed by atoms with Gasteiger partial charge in [-0.05, 0) is 31.5 Å². The molecule has 1 atom stereocenters. The molecule has 5 nitrogen and oxygen atoms in total.